The van der Waals surface area contributed by atoms with Crippen LogP contribution in [0.4, 0.5) is 0 Å². The molecule has 4 N–H and O–H groups in total. The predicted octanol–water partition coefficient (Wildman–Crippen LogP) is 1.32. The predicted molar refractivity (Wildman–Crippen MR) is 129 cm³/mol. The monoisotopic (exact) mass is 478 g/mol. The molecule has 4 rings (SSSR count). The molecule has 1 saturated heterocycles. The van der Waals surface area contributed by atoms with Crippen molar-refractivity contribution in [1.82, 2.24) is 30.6 Å². The quantitative estimate of drug-likeness (QED) is 0.293. The van der Waals surface area contributed by atoms with Crippen molar-refractivity contribution >= 4 is 23.1 Å². The van der Waals surface area contributed by atoms with E-state index in [4.69, 9.17) is 0 Å². The van der Waals surface area contributed by atoms with Crippen LogP contribution in [0.15, 0.2) is 49.3 Å². The van der Waals surface area contributed by atoms with E-state index in [9.17, 15) is 19.2 Å². The molecule has 0 saturated carbocycles. The van der Waals surface area contributed by atoms with E-state index < -0.39 is 18.0 Å². The number of nitrogens with zero attached hydrogens (tertiary/aromatic N) is 2. The van der Waals surface area contributed by atoms with Gasteiger partial charge in [-0.2, -0.15) is 0 Å². The Morgan fingerprint density at radius 3 is 1.77 bits per heavy atom. The number of imidazole rings is 2. The van der Waals surface area contributed by atoms with E-state index in [1.807, 2.05) is 0 Å². The third-order valence-electron chi connectivity index (χ3n) is 6.25. The van der Waals surface area contributed by atoms with E-state index in [0.717, 1.165) is 11.4 Å². The molecule has 0 unspecified atom stereocenters. The zero-order valence-corrected chi connectivity index (χ0v) is 19.4. The van der Waals surface area contributed by atoms with Crippen LogP contribution in [-0.2, 0) is 22.4 Å². The van der Waals surface area contributed by atoms with Crippen LogP contribution >= 0.6 is 0 Å². The average Bonchev–Trinajstić information content (AvgIpc) is 3.56. The lowest BCUT2D eigenvalue weighted by Crippen LogP contribution is -2.51. The average molecular weight is 479 g/mol. The summed E-state index contributed by atoms with van der Waals surface area (Å²) < 4.78 is 0. The number of hydrogen-bond donors (Lipinski definition) is 4. The second-order valence-corrected chi connectivity index (χ2v) is 8.79. The highest BCUT2D eigenvalue weighted by atomic mass is 16.2. The van der Waals surface area contributed by atoms with Crippen LogP contribution in [0, 0.1) is 5.92 Å². The van der Waals surface area contributed by atoms with Crippen LogP contribution in [0.25, 0.3) is 0 Å². The summed E-state index contributed by atoms with van der Waals surface area (Å²) in [6.45, 7) is 1.96. The Kier molecular flexibility index (Phi) is 7.74. The smallest absolute Gasteiger partial charge is 0.168 e. The van der Waals surface area contributed by atoms with Gasteiger partial charge in [-0.1, -0.05) is 24.3 Å². The standard InChI is InChI=1S/C25H28N6O4.H2/c1-15(32)16-2-4-17(5-3-16)25(35)18-9-28-21(6-19-11-26-13-30-19)23(33)8-24(34)22(29-10-18)7-20-12-27-14-31-20;/h2-5,11-14,18,21-22,28-29H,6-10H2,1H3,(H,26,30)(H,27,31);1H/t21-,22-;/m0./s1. The maximum Gasteiger partial charge on any atom is 0.168 e. The van der Waals surface area contributed by atoms with Gasteiger partial charge >= 0.3 is 0 Å². The summed E-state index contributed by atoms with van der Waals surface area (Å²) in [7, 11) is 0. The summed E-state index contributed by atoms with van der Waals surface area (Å²) in [5.74, 6) is -1.22. The number of carbonyl (C=O) groups is 4. The molecule has 1 aliphatic rings. The van der Waals surface area contributed by atoms with Gasteiger partial charge in [0.2, 0.25) is 0 Å². The van der Waals surface area contributed by atoms with Crippen LogP contribution in [0.3, 0.4) is 0 Å². The molecule has 2 atom stereocenters. The third-order valence-corrected chi connectivity index (χ3v) is 6.25. The normalized spacial score (nSPS) is 20.0. The highest BCUT2D eigenvalue weighted by Gasteiger charge is 2.31. The van der Waals surface area contributed by atoms with Crippen molar-refractivity contribution in [3.05, 3.63) is 71.8 Å². The number of nitrogens with one attached hydrogen (secondary N) is 4. The van der Waals surface area contributed by atoms with Crippen molar-refractivity contribution in [3.8, 4) is 0 Å². The molecular weight excluding hydrogens is 448 g/mol. The number of Topliss-reactive ketones (excluding diaryl/α,β-unsaturated/α-hetero) is 4. The van der Waals surface area contributed by atoms with Gasteiger partial charge < -0.3 is 20.6 Å². The van der Waals surface area contributed by atoms with Crippen LogP contribution in [0.1, 0.15) is 46.9 Å². The van der Waals surface area contributed by atoms with Crippen molar-refractivity contribution in [1.29, 1.82) is 0 Å². The Balaban J connectivity index is 0.00000361. The van der Waals surface area contributed by atoms with Crippen molar-refractivity contribution in [2.75, 3.05) is 13.1 Å². The fourth-order valence-electron chi connectivity index (χ4n) is 4.18. The van der Waals surface area contributed by atoms with Crippen molar-refractivity contribution in [2.45, 2.75) is 38.3 Å². The topological polar surface area (TPSA) is 150 Å². The van der Waals surface area contributed by atoms with Crippen molar-refractivity contribution in [2.24, 2.45) is 5.92 Å². The van der Waals surface area contributed by atoms with Gasteiger partial charge in [0.1, 0.15) is 0 Å². The van der Waals surface area contributed by atoms with Crippen LogP contribution < -0.4 is 10.6 Å². The number of carbonyl (C=O) groups excluding carboxylic acids is 4. The molecule has 0 amide bonds. The van der Waals surface area contributed by atoms with Gasteiger partial charge in [0.15, 0.2) is 23.1 Å². The molecule has 1 aliphatic heterocycles. The molecule has 0 radical (unpaired) electrons. The molecular formula is C25H30N6O4. The van der Waals surface area contributed by atoms with Crippen LogP contribution in [-0.4, -0.2) is 68.2 Å². The summed E-state index contributed by atoms with van der Waals surface area (Å²) in [6, 6.07) is 5.26. The molecule has 1 aromatic carbocycles. The first kappa shape index (κ1) is 24.4. The van der Waals surface area contributed by atoms with E-state index in [-0.39, 0.29) is 44.1 Å². The van der Waals surface area contributed by atoms with Gasteiger partial charge in [0, 0.05) is 68.2 Å². The first-order valence-corrected chi connectivity index (χ1v) is 11.5. The largest absolute Gasteiger partial charge is 0.348 e. The number of hydrogen-bond acceptors (Lipinski definition) is 8. The molecule has 3 heterocycles. The minimum atomic E-state index is -0.638. The van der Waals surface area contributed by atoms with E-state index in [1.54, 1.807) is 36.7 Å². The van der Waals surface area contributed by atoms with Crippen LogP contribution in [0.5, 0.6) is 0 Å². The molecule has 0 bridgehead atoms. The molecule has 0 aliphatic carbocycles. The van der Waals surface area contributed by atoms with E-state index in [2.05, 4.69) is 30.6 Å². The fourth-order valence-corrected chi connectivity index (χ4v) is 4.18. The molecule has 10 heteroatoms. The molecule has 1 fully saturated rings. The highest BCUT2D eigenvalue weighted by Crippen LogP contribution is 2.15. The number of aromatic amines is 2. The second-order valence-electron chi connectivity index (χ2n) is 8.79. The highest BCUT2D eigenvalue weighted by molar-refractivity contribution is 6.04. The number of aromatic nitrogens is 4. The Hall–Kier alpha value is -3.76. The minimum absolute atomic E-state index is 0. The fraction of sp³-hybridized carbons (Fsp3) is 0.360. The molecule has 0 spiro atoms. The Morgan fingerprint density at radius 2 is 1.34 bits per heavy atom. The Labute approximate surface area is 203 Å². The third kappa shape index (κ3) is 6.23. The van der Waals surface area contributed by atoms with E-state index in [0.29, 0.717) is 24.0 Å². The van der Waals surface area contributed by atoms with Crippen molar-refractivity contribution < 1.29 is 20.6 Å². The summed E-state index contributed by atoms with van der Waals surface area (Å²) in [5, 5.41) is 6.42. The maximum atomic E-state index is 13.4. The lowest BCUT2D eigenvalue weighted by molar-refractivity contribution is -0.129. The molecule has 3 aromatic rings. The summed E-state index contributed by atoms with van der Waals surface area (Å²) in [5.41, 5.74) is 2.51. The van der Waals surface area contributed by atoms with E-state index in [1.165, 1.54) is 19.6 Å². The van der Waals surface area contributed by atoms with Gasteiger partial charge in [-0.3, -0.25) is 19.2 Å². The summed E-state index contributed by atoms with van der Waals surface area (Å²) >= 11 is 0. The van der Waals surface area contributed by atoms with Crippen LogP contribution in [0.2, 0.25) is 0 Å². The summed E-state index contributed by atoms with van der Waals surface area (Å²) in [6.07, 6.45) is 6.79. The molecule has 2 aromatic heterocycles. The Morgan fingerprint density at radius 1 is 0.857 bits per heavy atom. The number of benzene rings is 1. The first-order chi connectivity index (χ1) is 16.9. The Bertz CT molecular complexity index is 1120. The van der Waals surface area contributed by atoms with Gasteiger partial charge in [0.05, 0.1) is 31.2 Å². The number of ketones is 4. The lowest BCUT2D eigenvalue weighted by Gasteiger charge is -2.27. The number of H-pyrrole nitrogens is 2. The molecule has 35 heavy (non-hydrogen) atoms. The first-order valence-electron chi connectivity index (χ1n) is 11.5. The zero-order chi connectivity index (χ0) is 24.8. The van der Waals surface area contributed by atoms with Gasteiger partial charge in [0.25, 0.3) is 0 Å². The zero-order valence-electron chi connectivity index (χ0n) is 19.4. The second kappa shape index (κ2) is 11.1. The SMILES string of the molecule is CC(=O)c1ccc(C(=O)C2CN[C@@H](Cc3cnc[nH]3)C(=O)CC(=O)[C@H](Cc3cnc[nH]3)NC2)cc1.[HH]. The maximum absolute atomic E-state index is 13.4. The van der Waals surface area contributed by atoms with Gasteiger partial charge in [-0.25, -0.2) is 9.97 Å². The lowest BCUT2D eigenvalue weighted by atomic mass is 9.92. The summed E-state index contributed by atoms with van der Waals surface area (Å²) in [4.78, 5) is 65.1. The van der Waals surface area contributed by atoms with Gasteiger partial charge in [-0.15, -0.1) is 0 Å². The van der Waals surface area contributed by atoms with Crippen molar-refractivity contribution in [3.63, 3.8) is 0 Å². The molecule has 10 nitrogen and oxygen atoms in total. The van der Waals surface area contributed by atoms with E-state index >= 15 is 0 Å². The number of rotatable bonds is 7. The van der Waals surface area contributed by atoms with Gasteiger partial charge in [-0.05, 0) is 6.92 Å². The molecule has 184 valence electrons. The minimum Gasteiger partial charge on any atom is -0.348 e.